The Morgan fingerprint density at radius 3 is 2.50 bits per heavy atom. The first kappa shape index (κ1) is 17.7. The molecule has 4 N–H and O–H groups in total. The maximum Gasteiger partial charge on any atom is 0.0574 e. The third kappa shape index (κ3) is 6.05. The summed E-state index contributed by atoms with van der Waals surface area (Å²) in [6.45, 7) is 3.13. The van der Waals surface area contributed by atoms with E-state index in [9.17, 15) is 0 Å². The van der Waals surface area contributed by atoms with Gasteiger partial charge in [-0.2, -0.15) is 0 Å². The Bertz CT molecular complexity index is 295. The number of halogens is 2. The summed E-state index contributed by atoms with van der Waals surface area (Å²) in [6, 6.07) is 5.97. The third-order valence-corrected chi connectivity index (χ3v) is 2.11. The number of hydrogen-bond donors (Lipinski definition) is 3. The zero-order chi connectivity index (χ0) is 10.4. The van der Waals surface area contributed by atoms with E-state index < -0.39 is 0 Å². The molecule has 3 nitrogen and oxygen atoms in total. The molecule has 0 fully saturated rings. The Balaban J connectivity index is 0. The average molecular weight is 267 g/mol. The zero-order valence-corrected chi connectivity index (χ0v) is 11.0. The minimum atomic E-state index is 0. The molecule has 0 amide bonds. The standard InChI is InChI=1S/C11H18N2O.2ClH/c1-9-4-5-11(10(12)8-9)13-6-2-3-7-14;;/h4-5,8,13-14H,2-3,6-7,12H2,1H3;2*1H. The Morgan fingerprint density at radius 1 is 1.25 bits per heavy atom. The average Bonchev–Trinajstić information content (AvgIpc) is 2.15. The van der Waals surface area contributed by atoms with Crippen LogP contribution in [0, 0.1) is 6.92 Å². The zero-order valence-electron chi connectivity index (χ0n) is 9.40. The van der Waals surface area contributed by atoms with Gasteiger partial charge in [-0.3, -0.25) is 0 Å². The number of hydrogen-bond acceptors (Lipinski definition) is 3. The van der Waals surface area contributed by atoms with Crippen LogP contribution in [0.2, 0.25) is 0 Å². The van der Waals surface area contributed by atoms with Crippen molar-refractivity contribution in [2.24, 2.45) is 0 Å². The highest BCUT2D eigenvalue weighted by atomic mass is 35.5. The van der Waals surface area contributed by atoms with Gasteiger partial charge in [0.1, 0.15) is 0 Å². The molecule has 0 aliphatic carbocycles. The second kappa shape index (κ2) is 9.58. The smallest absolute Gasteiger partial charge is 0.0574 e. The third-order valence-electron chi connectivity index (χ3n) is 2.11. The molecular weight excluding hydrogens is 247 g/mol. The fraction of sp³-hybridized carbons (Fsp3) is 0.455. The summed E-state index contributed by atoms with van der Waals surface area (Å²) in [4.78, 5) is 0. The first-order chi connectivity index (χ1) is 6.74. The van der Waals surface area contributed by atoms with E-state index >= 15 is 0 Å². The molecule has 1 aromatic rings. The van der Waals surface area contributed by atoms with Crippen LogP contribution in [0.15, 0.2) is 18.2 Å². The highest BCUT2D eigenvalue weighted by molar-refractivity contribution is 5.85. The number of nitrogen functional groups attached to an aromatic ring is 1. The predicted octanol–water partition coefficient (Wildman–Crippen LogP) is 2.61. The Morgan fingerprint density at radius 2 is 1.94 bits per heavy atom. The van der Waals surface area contributed by atoms with Crippen molar-refractivity contribution in [1.82, 2.24) is 0 Å². The van der Waals surface area contributed by atoms with E-state index in [0.29, 0.717) is 0 Å². The maximum atomic E-state index is 8.60. The lowest BCUT2D eigenvalue weighted by Crippen LogP contribution is -2.04. The van der Waals surface area contributed by atoms with Gasteiger partial charge in [-0.05, 0) is 37.5 Å². The van der Waals surface area contributed by atoms with Crippen molar-refractivity contribution in [2.75, 3.05) is 24.2 Å². The van der Waals surface area contributed by atoms with Gasteiger partial charge in [-0.25, -0.2) is 0 Å². The van der Waals surface area contributed by atoms with Crippen molar-refractivity contribution in [2.45, 2.75) is 19.8 Å². The van der Waals surface area contributed by atoms with Crippen LogP contribution in [0.25, 0.3) is 0 Å². The molecule has 1 aromatic carbocycles. The summed E-state index contributed by atoms with van der Waals surface area (Å²) < 4.78 is 0. The number of benzene rings is 1. The molecule has 5 heteroatoms. The number of nitrogens with two attached hydrogens (primary N) is 1. The molecule has 0 spiro atoms. The lowest BCUT2D eigenvalue weighted by atomic mass is 10.2. The molecule has 0 saturated heterocycles. The molecule has 0 unspecified atom stereocenters. The minimum absolute atomic E-state index is 0. The van der Waals surface area contributed by atoms with Crippen molar-refractivity contribution in [3.8, 4) is 0 Å². The van der Waals surface area contributed by atoms with E-state index in [2.05, 4.69) is 5.32 Å². The number of aliphatic hydroxyl groups is 1. The number of aryl methyl sites for hydroxylation is 1. The van der Waals surface area contributed by atoms with Gasteiger partial charge in [-0.1, -0.05) is 6.07 Å². The molecule has 0 atom stereocenters. The van der Waals surface area contributed by atoms with Crippen LogP contribution in [0.3, 0.4) is 0 Å². The predicted molar refractivity (Wildman–Crippen MR) is 74.9 cm³/mol. The van der Waals surface area contributed by atoms with Crippen LogP contribution in [0.4, 0.5) is 11.4 Å². The second-order valence-corrected chi connectivity index (χ2v) is 3.45. The molecule has 16 heavy (non-hydrogen) atoms. The van der Waals surface area contributed by atoms with Crippen molar-refractivity contribution in [3.63, 3.8) is 0 Å². The van der Waals surface area contributed by atoms with Gasteiger partial charge >= 0.3 is 0 Å². The summed E-state index contributed by atoms with van der Waals surface area (Å²) in [7, 11) is 0. The molecule has 1 rings (SSSR count). The molecule has 94 valence electrons. The van der Waals surface area contributed by atoms with E-state index in [1.165, 1.54) is 5.56 Å². The topological polar surface area (TPSA) is 58.3 Å². The van der Waals surface area contributed by atoms with E-state index in [1.54, 1.807) is 0 Å². The van der Waals surface area contributed by atoms with Crippen LogP contribution in [0.1, 0.15) is 18.4 Å². The largest absolute Gasteiger partial charge is 0.397 e. The van der Waals surface area contributed by atoms with Crippen molar-refractivity contribution < 1.29 is 5.11 Å². The highest BCUT2D eigenvalue weighted by Gasteiger charge is 1.97. The summed E-state index contributed by atoms with van der Waals surface area (Å²) in [6.07, 6.45) is 1.79. The van der Waals surface area contributed by atoms with Gasteiger partial charge in [-0.15, -0.1) is 24.8 Å². The van der Waals surface area contributed by atoms with Gasteiger partial charge in [0.25, 0.3) is 0 Å². The lowest BCUT2D eigenvalue weighted by Gasteiger charge is -2.09. The fourth-order valence-electron chi connectivity index (χ4n) is 1.30. The Labute approximate surface area is 109 Å². The fourth-order valence-corrected chi connectivity index (χ4v) is 1.30. The van der Waals surface area contributed by atoms with Gasteiger partial charge in [0, 0.05) is 13.2 Å². The second-order valence-electron chi connectivity index (χ2n) is 3.45. The number of unbranched alkanes of at least 4 members (excludes halogenated alkanes) is 1. The van der Waals surface area contributed by atoms with Crippen LogP contribution >= 0.6 is 24.8 Å². The van der Waals surface area contributed by atoms with Gasteiger partial charge < -0.3 is 16.2 Å². The monoisotopic (exact) mass is 266 g/mol. The van der Waals surface area contributed by atoms with Crippen LogP contribution in [0.5, 0.6) is 0 Å². The first-order valence-corrected chi connectivity index (χ1v) is 4.95. The molecule has 0 heterocycles. The van der Waals surface area contributed by atoms with E-state index in [0.717, 1.165) is 30.8 Å². The van der Waals surface area contributed by atoms with Crippen molar-refractivity contribution >= 4 is 36.2 Å². The normalized spacial score (nSPS) is 8.88. The first-order valence-electron chi connectivity index (χ1n) is 4.95. The number of nitrogens with one attached hydrogen (secondary N) is 1. The summed E-state index contributed by atoms with van der Waals surface area (Å²) in [5, 5.41) is 11.8. The van der Waals surface area contributed by atoms with Gasteiger partial charge in [0.15, 0.2) is 0 Å². The van der Waals surface area contributed by atoms with Crippen LogP contribution in [-0.4, -0.2) is 18.3 Å². The van der Waals surface area contributed by atoms with Crippen LogP contribution < -0.4 is 11.1 Å². The molecule has 0 bridgehead atoms. The number of aliphatic hydroxyl groups excluding tert-OH is 1. The van der Waals surface area contributed by atoms with E-state index in [-0.39, 0.29) is 31.4 Å². The quantitative estimate of drug-likeness (QED) is 0.567. The Hall–Kier alpha value is -0.640. The van der Waals surface area contributed by atoms with Crippen LogP contribution in [-0.2, 0) is 0 Å². The SMILES string of the molecule is Cc1ccc(NCCCCO)c(N)c1.Cl.Cl. The van der Waals surface area contributed by atoms with E-state index in [4.69, 9.17) is 10.8 Å². The number of rotatable bonds is 5. The summed E-state index contributed by atoms with van der Waals surface area (Å²) in [5.74, 6) is 0. The maximum absolute atomic E-state index is 8.60. The highest BCUT2D eigenvalue weighted by Crippen LogP contribution is 2.19. The van der Waals surface area contributed by atoms with Crippen molar-refractivity contribution in [1.29, 1.82) is 0 Å². The lowest BCUT2D eigenvalue weighted by molar-refractivity contribution is 0.286. The molecule has 0 aliphatic rings. The van der Waals surface area contributed by atoms with Crippen molar-refractivity contribution in [3.05, 3.63) is 23.8 Å². The summed E-state index contributed by atoms with van der Waals surface area (Å²) in [5.41, 5.74) is 8.76. The molecule has 0 aliphatic heterocycles. The van der Waals surface area contributed by atoms with Gasteiger partial charge in [0.05, 0.1) is 11.4 Å². The van der Waals surface area contributed by atoms with E-state index in [1.807, 2.05) is 25.1 Å². The van der Waals surface area contributed by atoms with Gasteiger partial charge in [0.2, 0.25) is 0 Å². The number of anilines is 2. The Kier molecular flexibility index (Phi) is 10.6. The summed E-state index contributed by atoms with van der Waals surface area (Å²) >= 11 is 0. The molecule has 0 aromatic heterocycles. The molecule has 0 radical (unpaired) electrons. The molecule has 0 saturated carbocycles. The minimum Gasteiger partial charge on any atom is -0.397 e. The molecular formula is C11H20Cl2N2O.